The van der Waals surface area contributed by atoms with E-state index < -0.39 is 18.1 Å². The van der Waals surface area contributed by atoms with E-state index in [1.54, 1.807) is 31.2 Å². The van der Waals surface area contributed by atoms with Gasteiger partial charge in [0.1, 0.15) is 5.69 Å². The fraction of sp³-hybridized carbons (Fsp3) is 0.176. The number of hydrogen-bond acceptors (Lipinski definition) is 5. The molecule has 6 nitrogen and oxygen atoms in total. The molecule has 140 valence electrons. The van der Waals surface area contributed by atoms with Gasteiger partial charge in [-0.25, -0.2) is 28.9 Å². The largest absolute Gasteiger partial charge is 0.280 e. The molecule has 0 unspecified atom stereocenters. The first kappa shape index (κ1) is 18.8. The molecule has 27 heavy (non-hydrogen) atoms. The van der Waals surface area contributed by atoms with Crippen molar-refractivity contribution in [2.75, 3.05) is 5.43 Å². The molecular formula is C17H14ClF3N6. The van der Waals surface area contributed by atoms with Crippen molar-refractivity contribution in [2.24, 2.45) is 12.1 Å². The second kappa shape index (κ2) is 7.75. The molecule has 3 aromatic rings. The first-order chi connectivity index (χ1) is 12.8. The molecule has 0 aliphatic heterocycles. The Morgan fingerprint density at radius 3 is 2.52 bits per heavy atom. The summed E-state index contributed by atoms with van der Waals surface area (Å²) in [6, 6.07) is 7.75. The summed E-state index contributed by atoms with van der Waals surface area (Å²) in [4.78, 5) is 7.90. The van der Waals surface area contributed by atoms with E-state index >= 15 is 0 Å². The molecule has 2 aromatic heterocycles. The van der Waals surface area contributed by atoms with Gasteiger partial charge >= 0.3 is 0 Å². The van der Waals surface area contributed by atoms with Crippen LogP contribution in [-0.2, 0) is 7.05 Å². The van der Waals surface area contributed by atoms with Gasteiger partial charge in [0.2, 0.25) is 11.9 Å². The van der Waals surface area contributed by atoms with E-state index in [0.717, 1.165) is 4.68 Å². The maximum absolute atomic E-state index is 13.9. The third-order valence-corrected chi connectivity index (χ3v) is 3.92. The van der Waals surface area contributed by atoms with E-state index in [9.17, 15) is 13.2 Å². The minimum absolute atomic E-state index is 0.143. The lowest BCUT2D eigenvalue weighted by molar-refractivity contribution is 0.146. The topological polar surface area (TPSA) is 68.0 Å². The number of anilines is 1. The normalized spacial score (nSPS) is 11.5. The predicted octanol–water partition coefficient (Wildman–Crippen LogP) is 4.36. The number of halogens is 4. The summed E-state index contributed by atoms with van der Waals surface area (Å²) < 4.78 is 41.3. The lowest BCUT2D eigenvalue weighted by atomic mass is 10.1. The minimum Gasteiger partial charge on any atom is -0.245 e. The van der Waals surface area contributed by atoms with Crippen LogP contribution in [0, 0.1) is 12.9 Å². The van der Waals surface area contributed by atoms with E-state index in [4.69, 9.17) is 11.6 Å². The molecule has 0 amide bonds. The molecule has 0 radical (unpaired) electrons. The fourth-order valence-corrected chi connectivity index (χ4v) is 2.47. The molecule has 10 heteroatoms. The van der Waals surface area contributed by atoms with Crippen LogP contribution in [0.15, 0.2) is 35.4 Å². The zero-order valence-corrected chi connectivity index (χ0v) is 15.0. The lowest BCUT2D eigenvalue weighted by Gasteiger charge is -2.07. The summed E-state index contributed by atoms with van der Waals surface area (Å²) in [5.41, 5.74) is 3.47. The highest BCUT2D eigenvalue weighted by atomic mass is 35.5. The minimum atomic E-state index is -2.79. The third-order valence-electron chi connectivity index (χ3n) is 3.66. The number of nitrogens with one attached hydrogen (secondary N) is 1. The summed E-state index contributed by atoms with van der Waals surface area (Å²) in [6.07, 6.45) is -1.60. The van der Waals surface area contributed by atoms with Crippen LogP contribution >= 0.6 is 11.6 Å². The summed E-state index contributed by atoms with van der Waals surface area (Å²) in [6.45, 7) is 1.62. The van der Waals surface area contributed by atoms with Gasteiger partial charge in [0.15, 0.2) is 0 Å². The van der Waals surface area contributed by atoms with Crippen LogP contribution in [-0.4, -0.2) is 26.0 Å². The van der Waals surface area contributed by atoms with Crippen molar-refractivity contribution in [2.45, 2.75) is 13.3 Å². The molecule has 0 aliphatic carbocycles. The number of nitrogens with zero attached hydrogens (tertiary/aromatic N) is 5. The smallest absolute Gasteiger partial charge is 0.245 e. The Labute approximate surface area is 157 Å². The maximum atomic E-state index is 13.9. The first-order valence-corrected chi connectivity index (χ1v) is 8.14. The van der Waals surface area contributed by atoms with Crippen molar-refractivity contribution in [1.29, 1.82) is 0 Å². The van der Waals surface area contributed by atoms with Crippen LogP contribution in [0.5, 0.6) is 0 Å². The second-order valence-electron chi connectivity index (χ2n) is 5.59. The number of hydrogen-bond donors (Lipinski definition) is 1. The van der Waals surface area contributed by atoms with Gasteiger partial charge in [-0.15, -0.1) is 0 Å². The number of alkyl halides is 2. The van der Waals surface area contributed by atoms with E-state index in [1.807, 2.05) is 0 Å². The third kappa shape index (κ3) is 4.25. The highest BCUT2D eigenvalue weighted by Crippen LogP contribution is 2.25. The molecule has 0 saturated heterocycles. The van der Waals surface area contributed by atoms with Gasteiger partial charge < -0.3 is 0 Å². The zero-order chi connectivity index (χ0) is 19.6. The van der Waals surface area contributed by atoms with Crippen molar-refractivity contribution in [3.05, 3.63) is 58.3 Å². The van der Waals surface area contributed by atoms with Crippen LogP contribution in [0.4, 0.5) is 19.1 Å². The fourth-order valence-electron chi connectivity index (χ4n) is 2.34. The Kier molecular flexibility index (Phi) is 5.41. The van der Waals surface area contributed by atoms with Crippen LogP contribution < -0.4 is 5.43 Å². The molecule has 1 N–H and O–H groups in total. The molecule has 0 spiro atoms. The van der Waals surface area contributed by atoms with Crippen LogP contribution in [0.3, 0.4) is 0 Å². The van der Waals surface area contributed by atoms with Crippen molar-refractivity contribution >= 4 is 23.8 Å². The van der Waals surface area contributed by atoms with Crippen LogP contribution in [0.25, 0.3) is 11.3 Å². The van der Waals surface area contributed by atoms with Gasteiger partial charge in [-0.1, -0.05) is 23.7 Å². The van der Waals surface area contributed by atoms with Crippen molar-refractivity contribution in [3.63, 3.8) is 0 Å². The van der Waals surface area contributed by atoms with Gasteiger partial charge in [0.05, 0.1) is 23.2 Å². The van der Waals surface area contributed by atoms with Gasteiger partial charge in [-0.3, -0.25) is 0 Å². The zero-order valence-electron chi connectivity index (χ0n) is 14.3. The van der Waals surface area contributed by atoms with Crippen molar-refractivity contribution in [3.8, 4) is 11.3 Å². The van der Waals surface area contributed by atoms with Crippen molar-refractivity contribution in [1.82, 2.24) is 19.7 Å². The Bertz CT molecular complexity index is 985. The summed E-state index contributed by atoms with van der Waals surface area (Å²) in [5.74, 6) is -0.710. The number of aromatic nitrogens is 4. The second-order valence-corrected chi connectivity index (χ2v) is 6.03. The van der Waals surface area contributed by atoms with E-state index in [1.165, 1.54) is 19.3 Å². The molecule has 0 saturated carbocycles. The molecule has 2 heterocycles. The average Bonchev–Trinajstić information content (AvgIpc) is 2.88. The van der Waals surface area contributed by atoms with E-state index in [-0.39, 0.29) is 17.2 Å². The monoisotopic (exact) mass is 394 g/mol. The number of benzene rings is 1. The molecule has 0 bridgehead atoms. The van der Waals surface area contributed by atoms with Gasteiger partial charge in [-0.2, -0.15) is 14.6 Å². The lowest BCUT2D eigenvalue weighted by Crippen LogP contribution is -2.03. The Morgan fingerprint density at radius 2 is 1.93 bits per heavy atom. The summed E-state index contributed by atoms with van der Waals surface area (Å²) in [5, 5.41) is 8.27. The number of aryl methyl sites for hydroxylation is 2. The summed E-state index contributed by atoms with van der Waals surface area (Å²) in [7, 11) is 1.46. The standard InChI is InChI=1S/C17H14ClF3N6/c1-9-12(16(21)27(2)26-9)8-22-25-17-23-13(7-14(24-17)15(19)20)10-3-5-11(18)6-4-10/h3-8,15H,1-2H3,(H,23,24,25). The van der Waals surface area contributed by atoms with Gasteiger partial charge in [-0.05, 0) is 25.1 Å². The molecule has 3 rings (SSSR count). The van der Waals surface area contributed by atoms with Gasteiger partial charge in [0, 0.05) is 17.6 Å². The van der Waals surface area contributed by atoms with E-state index in [0.29, 0.717) is 16.3 Å². The van der Waals surface area contributed by atoms with Gasteiger partial charge in [0.25, 0.3) is 6.43 Å². The van der Waals surface area contributed by atoms with Crippen molar-refractivity contribution < 1.29 is 13.2 Å². The van der Waals surface area contributed by atoms with Crippen LogP contribution in [0.2, 0.25) is 5.02 Å². The Hall–Kier alpha value is -2.94. The molecule has 1 aromatic carbocycles. The molecule has 0 aliphatic rings. The first-order valence-electron chi connectivity index (χ1n) is 7.76. The SMILES string of the molecule is Cc1nn(C)c(F)c1C=NNc1nc(-c2ccc(Cl)cc2)cc(C(F)F)n1. The average molecular weight is 395 g/mol. The number of hydrazone groups is 1. The number of rotatable bonds is 5. The molecular weight excluding hydrogens is 381 g/mol. The maximum Gasteiger partial charge on any atom is 0.280 e. The molecule has 0 fully saturated rings. The predicted molar refractivity (Wildman–Crippen MR) is 96.6 cm³/mol. The quantitative estimate of drug-likeness (QED) is 0.515. The highest BCUT2D eigenvalue weighted by Gasteiger charge is 2.14. The molecule has 0 atom stereocenters. The Balaban J connectivity index is 1.90. The Morgan fingerprint density at radius 1 is 1.22 bits per heavy atom. The summed E-state index contributed by atoms with van der Waals surface area (Å²) >= 11 is 5.84. The highest BCUT2D eigenvalue weighted by molar-refractivity contribution is 6.30. The van der Waals surface area contributed by atoms with E-state index in [2.05, 4.69) is 25.6 Å². The van der Waals surface area contributed by atoms with Crippen LogP contribution in [0.1, 0.15) is 23.4 Å².